The molecule has 0 aliphatic carbocycles. The van der Waals surface area contributed by atoms with E-state index in [0.717, 1.165) is 10.4 Å². The van der Waals surface area contributed by atoms with Gasteiger partial charge in [0, 0.05) is 36.9 Å². The molecular formula is C24H28ClN3O5S2. The zero-order valence-electron chi connectivity index (χ0n) is 19.4. The highest BCUT2D eigenvalue weighted by atomic mass is 35.5. The number of ether oxygens (including phenoxy) is 1. The Bertz CT molecular complexity index is 1190. The summed E-state index contributed by atoms with van der Waals surface area (Å²) >= 11 is 7.31. The van der Waals surface area contributed by atoms with Crippen LogP contribution in [0.2, 0.25) is 4.34 Å². The number of nitrogens with one attached hydrogen (secondary N) is 1. The lowest BCUT2D eigenvalue weighted by Crippen LogP contribution is -2.54. The second kappa shape index (κ2) is 11.1. The topological polar surface area (TPSA) is 96.0 Å². The summed E-state index contributed by atoms with van der Waals surface area (Å²) in [6, 6.07) is 12.3. The first-order valence-electron chi connectivity index (χ1n) is 11.4. The van der Waals surface area contributed by atoms with E-state index < -0.39 is 22.0 Å². The van der Waals surface area contributed by atoms with Crippen LogP contribution in [0, 0.1) is 0 Å². The summed E-state index contributed by atoms with van der Waals surface area (Å²) < 4.78 is 34.1. The number of thiophene rings is 1. The average molecular weight is 538 g/mol. The Balaban J connectivity index is 1.47. The molecule has 11 heteroatoms. The number of hydrogen-bond donors (Lipinski definition) is 1. The van der Waals surface area contributed by atoms with Crippen molar-refractivity contribution in [3.63, 3.8) is 0 Å². The van der Waals surface area contributed by atoms with Crippen molar-refractivity contribution in [2.75, 3.05) is 38.6 Å². The number of benzene rings is 1. The molecular weight excluding hydrogens is 510 g/mol. The van der Waals surface area contributed by atoms with Crippen LogP contribution >= 0.6 is 22.9 Å². The number of halogens is 1. The Labute approximate surface area is 214 Å². The van der Waals surface area contributed by atoms with Gasteiger partial charge in [0.2, 0.25) is 15.9 Å². The first kappa shape index (κ1) is 25.7. The third-order valence-corrected chi connectivity index (χ3v) is 8.99. The fourth-order valence-electron chi connectivity index (χ4n) is 4.24. The van der Waals surface area contributed by atoms with Crippen molar-refractivity contribution < 1.29 is 22.7 Å². The molecule has 2 atom stereocenters. The van der Waals surface area contributed by atoms with Gasteiger partial charge in [0.25, 0.3) is 5.91 Å². The van der Waals surface area contributed by atoms with E-state index >= 15 is 0 Å². The number of hydrogen-bond acceptors (Lipinski definition) is 6. The fourth-order valence-corrected chi connectivity index (χ4v) is 6.89. The molecule has 1 saturated heterocycles. The summed E-state index contributed by atoms with van der Waals surface area (Å²) in [4.78, 5) is 30.7. The van der Waals surface area contributed by atoms with Crippen LogP contribution in [0.5, 0.6) is 0 Å². The van der Waals surface area contributed by atoms with Gasteiger partial charge in [-0.3, -0.25) is 14.3 Å². The van der Waals surface area contributed by atoms with E-state index in [1.165, 1.54) is 22.3 Å². The smallest absolute Gasteiger partial charge is 0.271 e. The number of morpholine rings is 1. The average Bonchev–Trinajstić information content (AvgIpc) is 3.43. The van der Waals surface area contributed by atoms with Crippen molar-refractivity contribution in [1.29, 1.82) is 0 Å². The van der Waals surface area contributed by atoms with Crippen LogP contribution in [0.25, 0.3) is 0 Å². The van der Waals surface area contributed by atoms with Gasteiger partial charge in [0.05, 0.1) is 23.3 Å². The highest BCUT2D eigenvalue weighted by molar-refractivity contribution is 7.89. The van der Waals surface area contributed by atoms with Crippen LogP contribution < -0.4 is 4.72 Å². The molecule has 1 N–H and O–H groups in total. The lowest BCUT2D eigenvalue weighted by Gasteiger charge is -2.34. The molecule has 0 saturated carbocycles. The van der Waals surface area contributed by atoms with Crippen molar-refractivity contribution >= 4 is 44.8 Å². The minimum atomic E-state index is -3.80. The van der Waals surface area contributed by atoms with Gasteiger partial charge < -0.3 is 14.5 Å². The van der Waals surface area contributed by atoms with Crippen LogP contribution in [0.4, 0.5) is 0 Å². The predicted molar refractivity (Wildman–Crippen MR) is 136 cm³/mol. The van der Waals surface area contributed by atoms with Crippen LogP contribution in [0.3, 0.4) is 0 Å². The Morgan fingerprint density at radius 2 is 1.89 bits per heavy atom. The molecule has 4 rings (SSSR count). The van der Waals surface area contributed by atoms with Gasteiger partial charge in [0.15, 0.2) is 0 Å². The van der Waals surface area contributed by atoms with Gasteiger partial charge >= 0.3 is 0 Å². The molecule has 3 heterocycles. The summed E-state index contributed by atoms with van der Waals surface area (Å²) in [7, 11) is -3.80. The zero-order valence-corrected chi connectivity index (χ0v) is 21.7. The number of sulfonamides is 1. The summed E-state index contributed by atoms with van der Waals surface area (Å²) in [5.74, 6) is -1.13. The van der Waals surface area contributed by atoms with E-state index in [1.807, 2.05) is 30.3 Å². The normalized spacial score (nSPS) is 18.3. The molecule has 2 aliphatic heterocycles. The van der Waals surface area contributed by atoms with Crippen molar-refractivity contribution in [2.45, 2.75) is 25.3 Å². The first-order valence-corrected chi connectivity index (χ1v) is 14.3. The van der Waals surface area contributed by atoms with Gasteiger partial charge in [-0.15, -0.1) is 11.3 Å². The molecule has 188 valence electrons. The van der Waals surface area contributed by atoms with E-state index in [4.69, 9.17) is 16.3 Å². The highest BCUT2D eigenvalue weighted by Crippen LogP contribution is 2.29. The fraction of sp³-hybridized carbons (Fsp3) is 0.417. The van der Waals surface area contributed by atoms with Gasteiger partial charge in [-0.1, -0.05) is 48.9 Å². The molecule has 1 fully saturated rings. The molecule has 1 unspecified atom stereocenters. The molecule has 8 nitrogen and oxygen atoms in total. The van der Waals surface area contributed by atoms with E-state index in [1.54, 1.807) is 24.0 Å². The predicted octanol–water partition coefficient (Wildman–Crippen LogP) is 2.62. The molecule has 35 heavy (non-hydrogen) atoms. The zero-order chi connectivity index (χ0) is 25.0. The molecule has 2 aliphatic rings. The van der Waals surface area contributed by atoms with Crippen LogP contribution in [0.1, 0.15) is 23.3 Å². The summed E-state index contributed by atoms with van der Waals surface area (Å²) in [6.07, 6.45) is 1.88. The lowest BCUT2D eigenvalue weighted by atomic mass is 10.0. The summed E-state index contributed by atoms with van der Waals surface area (Å²) in [6.45, 7) is 3.78. The second-order valence-corrected chi connectivity index (χ2v) is 12.2. The molecule has 1 aromatic carbocycles. The lowest BCUT2D eigenvalue weighted by molar-refractivity contribution is -0.145. The van der Waals surface area contributed by atoms with Crippen molar-refractivity contribution in [3.8, 4) is 0 Å². The molecule has 2 amide bonds. The SMILES string of the molecule is CC(CS(=O)(=O)NC1=CCN([C@@H](Cc2ccccc2)C(=O)N2CCOCC2)C1=O)c1ccc(Cl)s1. The Morgan fingerprint density at radius 1 is 1.17 bits per heavy atom. The van der Waals surface area contributed by atoms with Crippen LogP contribution in [-0.4, -0.2) is 74.7 Å². The number of carbonyl (C=O) groups excluding carboxylic acids is 2. The maximum Gasteiger partial charge on any atom is 0.271 e. The van der Waals surface area contributed by atoms with E-state index in [-0.39, 0.29) is 29.8 Å². The maximum atomic E-state index is 13.4. The molecule has 0 bridgehead atoms. The largest absolute Gasteiger partial charge is 0.378 e. The monoisotopic (exact) mass is 537 g/mol. The molecule has 1 aromatic heterocycles. The van der Waals surface area contributed by atoms with Crippen LogP contribution in [-0.2, 0) is 30.8 Å². The minimum Gasteiger partial charge on any atom is -0.378 e. The van der Waals surface area contributed by atoms with Crippen molar-refractivity contribution in [2.24, 2.45) is 0 Å². The minimum absolute atomic E-state index is 0.0192. The van der Waals surface area contributed by atoms with Gasteiger partial charge in [0.1, 0.15) is 11.7 Å². The Hall–Kier alpha value is -2.40. The van der Waals surface area contributed by atoms with Crippen molar-refractivity contribution in [1.82, 2.24) is 14.5 Å². The summed E-state index contributed by atoms with van der Waals surface area (Å²) in [5, 5.41) is 0. The molecule has 0 spiro atoms. The number of amides is 2. The Morgan fingerprint density at radius 3 is 2.54 bits per heavy atom. The quantitative estimate of drug-likeness (QED) is 0.530. The molecule has 2 aromatic rings. The maximum absolute atomic E-state index is 13.4. The Kier molecular flexibility index (Phi) is 8.16. The van der Waals surface area contributed by atoms with Crippen LogP contribution in [0.15, 0.2) is 54.2 Å². The highest BCUT2D eigenvalue weighted by Gasteiger charge is 2.38. The van der Waals surface area contributed by atoms with Gasteiger partial charge in [-0.25, -0.2) is 8.42 Å². The first-order chi connectivity index (χ1) is 16.7. The van der Waals surface area contributed by atoms with E-state index in [9.17, 15) is 18.0 Å². The molecule has 0 radical (unpaired) electrons. The number of rotatable bonds is 9. The van der Waals surface area contributed by atoms with E-state index in [2.05, 4.69) is 4.72 Å². The third-order valence-electron chi connectivity index (χ3n) is 6.05. The van der Waals surface area contributed by atoms with Crippen molar-refractivity contribution in [3.05, 3.63) is 69.0 Å². The standard InChI is InChI=1S/C24H28ClN3O5S2/c1-17(21-7-8-22(25)34-21)16-35(31,32)26-19-9-10-28(23(19)29)20(15-18-5-3-2-4-6-18)24(30)27-11-13-33-14-12-27/h2-9,17,20,26H,10-16H2,1H3/t17?,20-/m0/s1. The van der Waals surface area contributed by atoms with E-state index in [0.29, 0.717) is 37.1 Å². The third kappa shape index (κ3) is 6.43. The van der Waals surface area contributed by atoms with Gasteiger partial charge in [-0.05, 0) is 23.8 Å². The number of carbonyl (C=O) groups is 2. The number of nitrogens with zero attached hydrogens (tertiary/aromatic N) is 2. The second-order valence-electron chi connectivity index (χ2n) is 8.64. The van der Waals surface area contributed by atoms with Gasteiger partial charge in [-0.2, -0.15) is 0 Å². The summed E-state index contributed by atoms with van der Waals surface area (Å²) in [5.41, 5.74) is 0.902.